The number of hydrogen-bond donors (Lipinski definition) is 1. The Morgan fingerprint density at radius 1 is 0.955 bits per heavy atom. The first-order chi connectivity index (χ1) is 10.7. The molecule has 0 aliphatic heterocycles. The predicted octanol–water partition coefficient (Wildman–Crippen LogP) is 3.37. The van der Waals surface area contributed by atoms with Crippen molar-refractivity contribution in [1.82, 2.24) is 0 Å². The minimum Gasteiger partial charge on any atom is -0.469 e. The Balaban J connectivity index is 2.02. The van der Waals surface area contributed by atoms with Gasteiger partial charge in [0.15, 0.2) is 5.75 Å². The number of carbonyl (C=O) groups excluding carboxylic acids is 2. The van der Waals surface area contributed by atoms with Gasteiger partial charge in [0.1, 0.15) is 5.75 Å². The Kier molecular flexibility index (Phi) is 5.54. The van der Waals surface area contributed by atoms with Gasteiger partial charge in [0.2, 0.25) is 5.91 Å². The molecule has 0 saturated carbocycles. The number of anilines is 1. The Hall–Kier alpha value is -2.82. The van der Waals surface area contributed by atoms with Crippen LogP contribution < -0.4 is 10.1 Å². The molecular formula is C17H17NO4. The lowest BCUT2D eigenvalue weighted by molar-refractivity contribution is -0.141. The van der Waals surface area contributed by atoms with E-state index >= 15 is 0 Å². The second-order valence-electron chi connectivity index (χ2n) is 4.54. The highest BCUT2D eigenvalue weighted by molar-refractivity contribution is 5.93. The summed E-state index contributed by atoms with van der Waals surface area (Å²) in [5.41, 5.74) is 0.557. The van der Waals surface area contributed by atoms with Crippen molar-refractivity contribution in [2.75, 3.05) is 12.4 Å². The average molecular weight is 299 g/mol. The number of ether oxygens (including phenoxy) is 2. The summed E-state index contributed by atoms with van der Waals surface area (Å²) in [6.07, 6.45) is 0.108. The first-order valence-corrected chi connectivity index (χ1v) is 6.87. The van der Waals surface area contributed by atoms with E-state index in [1.165, 1.54) is 7.11 Å². The molecule has 114 valence electrons. The number of esters is 1. The highest BCUT2D eigenvalue weighted by Crippen LogP contribution is 2.29. The second kappa shape index (κ2) is 7.83. The average Bonchev–Trinajstić information content (AvgIpc) is 2.55. The van der Waals surface area contributed by atoms with Gasteiger partial charge in [-0.25, -0.2) is 0 Å². The van der Waals surface area contributed by atoms with Crippen LogP contribution in [0.25, 0.3) is 0 Å². The van der Waals surface area contributed by atoms with Crippen molar-refractivity contribution in [3.63, 3.8) is 0 Å². The summed E-state index contributed by atoms with van der Waals surface area (Å²) >= 11 is 0. The highest BCUT2D eigenvalue weighted by atomic mass is 16.5. The van der Waals surface area contributed by atoms with Crippen molar-refractivity contribution < 1.29 is 19.1 Å². The van der Waals surface area contributed by atoms with Crippen molar-refractivity contribution in [1.29, 1.82) is 0 Å². The molecule has 0 saturated heterocycles. The molecule has 1 N–H and O–H groups in total. The van der Waals surface area contributed by atoms with E-state index < -0.39 is 5.97 Å². The van der Waals surface area contributed by atoms with Crippen molar-refractivity contribution >= 4 is 17.6 Å². The largest absolute Gasteiger partial charge is 0.469 e. The normalized spacial score (nSPS) is 9.86. The van der Waals surface area contributed by atoms with Gasteiger partial charge in [-0.2, -0.15) is 0 Å². The highest BCUT2D eigenvalue weighted by Gasteiger charge is 2.10. The summed E-state index contributed by atoms with van der Waals surface area (Å²) in [4.78, 5) is 22.9. The van der Waals surface area contributed by atoms with E-state index in [1.54, 1.807) is 18.2 Å². The van der Waals surface area contributed by atoms with Crippen molar-refractivity contribution in [2.45, 2.75) is 12.8 Å². The number of methoxy groups -OCH3 is 1. The molecule has 0 spiro atoms. The van der Waals surface area contributed by atoms with Crippen LogP contribution in [0.2, 0.25) is 0 Å². The zero-order chi connectivity index (χ0) is 15.8. The Morgan fingerprint density at radius 2 is 1.64 bits per heavy atom. The van der Waals surface area contributed by atoms with E-state index in [2.05, 4.69) is 10.1 Å². The molecule has 0 aromatic heterocycles. The number of amides is 1. The zero-order valence-electron chi connectivity index (χ0n) is 12.2. The van der Waals surface area contributed by atoms with Gasteiger partial charge < -0.3 is 14.8 Å². The van der Waals surface area contributed by atoms with Crippen LogP contribution in [0.3, 0.4) is 0 Å². The third kappa shape index (κ3) is 4.63. The van der Waals surface area contributed by atoms with Crippen LogP contribution in [-0.2, 0) is 14.3 Å². The molecule has 0 fully saturated rings. The maximum atomic E-state index is 11.9. The molecule has 2 aromatic rings. The molecule has 2 rings (SSSR count). The van der Waals surface area contributed by atoms with Crippen molar-refractivity contribution in [3.05, 3.63) is 54.6 Å². The van der Waals surface area contributed by atoms with Crippen LogP contribution in [0.4, 0.5) is 5.69 Å². The van der Waals surface area contributed by atoms with Crippen LogP contribution in [0.5, 0.6) is 11.5 Å². The lowest BCUT2D eigenvalue weighted by Crippen LogP contribution is -2.14. The summed E-state index contributed by atoms with van der Waals surface area (Å²) in [6.45, 7) is 0. The Labute approximate surface area is 128 Å². The fourth-order valence-electron chi connectivity index (χ4n) is 1.80. The topological polar surface area (TPSA) is 64.6 Å². The number of nitrogens with one attached hydrogen (secondary N) is 1. The number of para-hydroxylation sites is 3. The molecule has 2 aromatic carbocycles. The minimum absolute atomic E-state index is 0.0457. The van der Waals surface area contributed by atoms with Crippen LogP contribution in [0.1, 0.15) is 12.8 Å². The van der Waals surface area contributed by atoms with Gasteiger partial charge in [0, 0.05) is 6.42 Å². The molecule has 0 unspecified atom stereocenters. The number of hydrogen-bond acceptors (Lipinski definition) is 4. The molecule has 22 heavy (non-hydrogen) atoms. The van der Waals surface area contributed by atoms with Gasteiger partial charge in [-0.3, -0.25) is 9.59 Å². The fourth-order valence-corrected chi connectivity index (χ4v) is 1.80. The fraction of sp³-hybridized carbons (Fsp3) is 0.176. The van der Waals surface area contributed by atoms with Crippen LogP contribution in [-0.4, -0.2) is 19.0 Å². The number of benzene rings is 2. The Bertz CT molecular complexity index is 640. The van der Waals surface area contributed by atoms with E-state index in [0.717, 1.165) is 0 Å². The molecule has 0 heterocycles. The van der Waals surface area contributed by atoms with Crippen LogP contribution in [0, 0.1) is 0 Å². The van der Waals surface area contributed by atoms with Gasteiger partial charge in [-0.15, -0.1) is 0 Å². The first kappa shape index (κ1) is 15.6. The maximum absolute atomic E-state index is 11.9. The molecule has 0 aliphatic carbocycles. The van der Waals surface area contributed by atoms with E-state index in [9.17, 15) is 9.59 Å². The monoisotopic (exact) mass is 299 g/mol. The molecule has 5 nitrogen and oxygen atoms in total. The lowest BCUT2D eigenvalue weighted by Gasteiger charge is -2.12. The van der Waals surface area contributed by atoms with Gasteiger partial charge in [-0.05, 0) is 24.3 Å². The molecule has 0 aliphatic rings. The van der Waals surface area contributed by atoms with E-state index in [0.29, 0.717) is 17.2 Å². The van der Waals surface area contributed by atoms with Gasteiger partial charge in [-0.1, -0.05) is 30.3 Å². The smallest absolute Gasteiger partial charge is 0.306 e. The van der Waals surface area contributed by atoms with E-state index in [1.807, 2.05) is 36.4 Å². The second-order valence-corrected chi connectivity index (χ2v) is 4.54. The Morgan fingerprint density at radius 3 is 2.36 bits per heavy atom. The van der Waals surface area contributed by atoms with Gasteiger partial charge in [0.25, 0.3) is 0 Å². The standard InChI is InChI=1S/C17H17NO4/c1-21-17(20)12-11-16(19)18-14-9-5-6-10-15(14)22-13-7-3-2-4-8-13/h2-10H,11-12H2,1H3,(H,18,19). The maximum Gasteiger partial charge on any atom is 0.306 e. The molecule has 5 heteroatoms. The van der Waals surface area contributed by atoms with Crippen molar-refractivity contribution in [2.24, 2.45) is 0 Å². The number of carbonyl (C=O) groups is 2. The van der Waals surface area contributed by atoms with Crippen LogP contribution >= 0.6 is 0 Å². The number of rotatable bonds is 6. The molecule has 0 radical (unpaired) electrons. The predicted molar refractivity (Wildman–Crippen MR) is 82.8 cm³/mol. The van der Waals surface area contributed by atoms with Gasteiger partial charge in [0.05, 0.1) is 19.2 Å². The summed E-state index contributed by atoms with van der Waals surface area (Å²) < 4.78 is 10.3. The third-order valence-corrected chi connectivity index (χ3v) is 2.92. The summed E-state index contributed by atoms with van der Waals surface area (Å²) in [7, 11) is 1.29. The molecule has 0 bridgehead atoms. The van der Waals surface area contributed by atoms with E-state index in [4.69, 9.17) is 4.74 Å². The quantitative estimate of drug-likeness (QED) is 0.831. The van der Waals surface area contributed by atoms with E-state index in [-0.39, 0.29) is 18.7 Å². The zero-order valence-corrected chi connectivity index (χ0v) is 12.2. The molecule has 1 amide bonds. The molecular weight excluding hydrogens is 282 g/mol. The van der Waals surface area contributed by atoms with Crippen molar-refractivity contribution in [3.8, 4) is 11.5 Å². The summed E-state index contributed by atoms with van der Waals surface area (Å²) in [6, 6.07) is 16.4. The molecule has 0 atom stereocenters. The minimum atomic E-state index is -0.413. The first-order valence-electron chi connectivity index (χ1n) is 6.87. The van der Waals surface area contributed by atoms with Crippen LogP contribution in [0.15, 0.2) is 54.6 Å². The lowest BCUT2D eigenvalue weighted by atomic mass is 10.2. The summed E-state index contributed by atoms with van der Waals surface area (Å²) in [5, 5.41) is 2.74. The summed E-state index contributed by atoms with van der Waals surface area (Å²) in [5.74, 6) is 0.539. The SMILES string of the molecule is COC(=O)CCC(=O)Nc1ccccc1Oc1ccccc1. The van der Waals surface area contributed by atoms with Gasteiger partial charge >= 0.3 is 5.97 Å². The third-order valence-electron chi connectivity index (χ3n) is 2.92.